The van der Waals surface area contributed by atoms with Crippen LogP contribution in [0.2, 0.25) is 5.02 Å². The number of fused-ring (bicyclic) bond motifs is 1. The smallest absolute Gasteiger partial charge is 0.128 e. The molecule has 1 aliphatic rings. The molecule has 0 spiro atoms. The third-order valence-electron chi connectivity index (χ3n) is 3.59. The summed E-state index contributed by atoms with van der Waals surface area (Å²) in [7, 11) is 1.60. The molecule has 1 N–H and O–H groups in total. The summed E-state index contributed by atoms with van der Waals surface area (Å²) in [5.41, 5.74) is 1.62. The van der Waals surface area contributed by atoms with Crippen LogP contribution in [0.25, 0.3) is 0 Å². The first kappa shape index (κ1) is 14.7. The first-order valence-corrected chi connectivity index (χ1v) is 7.73. The Morgan fingerprint density at radius 2 is 2.05 bits per heavy atom. The first-order chi connectivity index (χ1) is 10.1. The maximum Gasteiger partial charge on any atom is 0.128 e. The van der Waals surface area contributed by atoms with Crippen LogP contribution in [0, 0.1) is 0 Å². The van der Waals surface area contributed by atoms with Crippen LogP contribution >= 0.6 is 27.5 Å². The lowest BCUT2D eigenvalue weighted by Crippen LogP contribution is -2.19. The van der Waals surface area contributed by atoms with E-state index in [1.165, 1.54) is 0 Å². The van der Waals surface area contributed by atoms with Crippen LogP contribution in [0.3, 0.4) is 0 Å². The molecule has 0 saturated heterocycles. The fourth-order valence-electron chi connectivity index (χ4n) is 2.51. The van der Waals surface area contributed by atoms with Crippen LogP contribution < -0.4 is 9.47 Å². The van der Waals surface area contributed by atoms with E-state index in [9.17, 15) is 5.11 Å². The molecule has 1 aliphatic heterocycles. The Labute approximate surface area is 136 Å². The van der Waals surface area contributed by atoms with Crippen molar-refractivity contribution in [3.05, 3.63) is 57.0 Å². The quantitative estimate of drug-likeness (QED) is 0.836. The number of rotatable bonds is 2. The lowest BCUT2D eigenvalue weighted by Gasteiger charge is -2.30. The Balaban J connectivity index is 1.94. The van der Waals surface area contributed by atoms with Crippen molar-refractivity contribution < 1.29 is 14.6 Å². The predicted octanol–water partition coefficient (Wildman–Crippen LogP) is 4.67. The number of hydrogen-bond acceptors (Lipinski definition) is 3. The molecule has 2 atom stereocenters. The largest absolute Gasteiger partial charge is 0.497 e. The molecule has 2 aromatic carbocycles. The highest BCUT2D eigenvalue weighted by Gasteiger charge is 2.29. The van der Waals surface area contributed by atoms with Crippen molar-refractivity contribution in [2.75, 3.05) is 7.11 Å². The number of methoxy groups -OCH3 is 1. The molecule has 0 bridgehead atoms. The van der Waals surface area contributed by atoms with Gasteiger partial charge >= 0.3 is 0 Å². The average molecular weight is 370 g/mol. The average Bonchev–Trinajstić information content (AvgIpc) is 2.47. The SMILES string of the molecule is COc1ccc2c(c1)[C@@H](O)CC(c1ccc(Br)cc1Cl)O2. The molecule has 0 aromatic heterocycles. The Kier molecular flexibility index (Phi) is 4.11. The first-order valence-electron chi connectivity index (χ1n) is 6.56. The van der Waals surface area contributed by atoms with E-state index in [0.717, 1.165) is 15.6 Å². The molecule has 0 amide bonds. The van der Waals surface area contributed by atoms with E-state index in [0.29, 0.717) is 22.9 Å². The minimum absolute atomic E-state index is 0.263. The number of ether oxygens (including phenoxy) is 2. The standard InChI is InChI=1S/C16H14BrClO3/c1-20-10-3-5-15-12(7-10)14(19)8-16(21-15)11-4-2-9(17)6-13(11)18/h2-7,14,16,19H,8H2,1H3/t14-,16?/m0/s1. The van der Waals surface area contributed by atoms with E-state index < -0.39 is 6.10 Å². The van der Waals surface area contributed by atoms with Gasteiger partial charge in [0.15, 0.2) is 0 Å². The molecule has 110 valence electrons. The second-order valence-electron chi connectivity index (χ2n) is 4.93. The number of halogens is 2. The molecule has 0 aliphatic carbocycles. The lowest BCUT2D eigenvalue weighted by molar-refractivity contribution is 0.0655. The van der Waals surface area contributed by atoms with Gasteiger partial charge in [-0.05, 0) is 30.3 Å². The monoisotopic (exact) mass is 368 g/mol. The van der Waals surface area contributed by atoms with Gasteiger partial charge in [0.05, 0.1) is 13.2 Å². The van der Waals surface area contributed by atoms with Crippen LogP contribution in [0.15, 0.2) is 40.9 Å². The van der Waals surface area contributed by atoms with Crippen LogP contribution in [0.1, 0.15) is 29.8 Å². The summed E-state index contributed by atoms with van der Waals surface area (Å²) in [4.78, 5) is 0. The summed E-state index contributed by atoms with van der Waals surface area (Å²) >= 11 is 9.66. The number of hydrogen-bond donors (Lipinski definition) is 1. The van der Waals surface area contributed by atoms with Gasteiger partial charge in [0.25, 0.3) is 0 Å². The van der Waals surface area contributed by atoms with E-state index in [1.807, 2.05) is 30.3 Å². The normalized spacial score (nSPS) is 20.6. The summed E-state index contributed by atoms with van der Waals surface area (Å²) in [5.74, 6) is 1.37. The third kappa shape index (κ3) is 2.89. The Morgan fingerprint density at radius 1 is 1.24 bits per heavy atom. The fourth-order valence-corrected chi connectivity index (χ4v) is 3.30. The molecule has 1 unspecified atom stereocenters. The maximum atomic E-state index is 10.4. The van der Waals surface area contributed by atoms with Gasteiger partial charge in [0, 0.05) is 27.0 Å². The van der Waals surface area contributed by atoms with Crippen molar-refractivity contribution in [2.45, 2.75) is 18.6 Å². The molecule has 1 heterocycles. The van der Waals surface area contributed by atoms with Gasteiger partial charge in [0.2, 0.25) is 0 Å². The van der Waals surface area contributed by atoms with Crippen molar-refractivity contribution >= 4 is 27.5 Å². The van der Waals surface area contributed by atoms with Gasteiger partial charge in [-0.1, -0.05) is 33.6 Å². The van der Waals surface area contributed by atoms with Crippen LogP contribution in [-0.2, 0) is 0 Å². The summed E-state index contributed by atoms with van der Waals surface area (Å²) < 4.78 is 12.1. The highest BCUT2D eigenvalue weighted by molar-refractivity contribution is 9.10. The summed E-state index contributed by atoms with van der Waals surface area (Å²) in [6.07, 6.45) is -0.406. The van der Waals surface area contributed by atoms with E-state index in [1.54, 1.807) is 13.2 Å². The van der Waals surface area contributed by atoms with Gasteiger partial charge in [-0.3, -0.25) is 0 Å². The lowest BCUT2D eigenvalue weighted by atomic mass is 9.95. The molecular formula is C16H14BrClO3. The predicted molar refractivity (Wildman–Crippen MR) is 85.1 cm³/mol. The molecule has 2 aromatic rings. The van der Waals surface area contributed by atoms with Gasteiger partial charge in [-0.2, -0.15) is 0 Å². The second kappa shape index (κ2) is 5.87. The van der Waals surface area contributed by atoms with E-state index in [-0.39, 0.29) is 6.10 Å². The minimum atomic E-state index is -0.603. The summed E-state index contributed by atoms with van der Waals surface area (Å²) in [6, 6.07) is 11.1. The van der Waals surface area contributed by atoms with Crippen molar-refractivity contribution in [3.63, 3.8) is 0 Å². The van der Waals surface area contributed by atoms with Gasteiger partial charge in [0.1, 0.15) is 17.6 Å². The highest BCUT2D eigenvalue weighted by atomic mass is 79.9. The maximum absolute atomic E-state index is 10.4. The molecule has 0 saturated carbocycles. The van der Waals surface area contributed by atoms with Crippen molar-refractivity contribution in [1.82, 2.24) is 0 Å². The third-order valence-corrected chi connectivity index (χ3v) is 4.41. The van der Waals surface area contributed by atoms with Crippen LogP contribution in [-0.4, -0.2) is 12.2 Å². The molecular weight excluding hydrogens is 356 g/mol. The Morgan fingerprint density at radius 3 is 2.76 bits per heavy atom. The van der Waals surface area contributed by atoms with Crippen LogP contribution in [0.4, 0.5) is 0 Å². The zero-order chi connectivity index (χ0) is 15.0. The molecule has 3 nitrogen and oxygen atoms in total. The zero-order valence-electron chi connectivity index (χ0n) is 11.3. The van der Waals surface area contributed by atoms with Crippen molar-refractivity contribution in [1.29, 1.82) is 0 Å². The van der Waals surface area contributed by atoms with Gasteiger partial charge in [-0.25, -0.2) is 0 Å². The Hall–Kier alpha value is -1.23. The zero-order valence-corrected chi connectivity index (χ0v) is 13.7. The molecule has 0 fully saturated rings. The number of aliphatic hydroxyl groups excluding tert-OH is 1. The van der Waals surface area contributed by atoms with Crippen molar-refractivity contribution in [2.24, 2.45) is 0 Å². The molecule has 21 heavy (non-hydrogen) atoms. The minimum Gasteiger partial charge on any atom is -0.497 e. The fraction of sp³-hybridized carbons (Fsp3) is 0.250. The topological polar surface area (TPSA) is 38.7 Å². The summed E-state index contributed by atoms with van der Waals surface area (Å²) in [6.45, 7) is 0. The van der Waals surface area contributed by atoms with E-state index in [4.69, 9.17) is 21.1 Å². The second-order valence-corrected chi connectivity index (χ2v) is 6.25. The van der Waals surface area contributed by atoms with Crippen LogP contribution in [0.5, 0.6) is 11.5 Å². The number of benzene rings is 2. The van der Waals surface area contributed by atoms with Gasteiger partial charge < -0.3 is 14.6 Å². The molecule has 5 heteroatoms. The van der Waals surface area contributed by atoms with E-state index in [2.05, 4.69) is 15.9 Å². The van der Waals surface area contributed by atoms with E-state index >= 15 is 0 Å². The Bertz CT molecular complexity index is 675. The van der Waals surface area contributed by atoms with Crippen molar-refractivity contribution in [3.8, 4) is 11.5 Å². The van der Waals surface area contributed by atoms with Gasteiger partial charge in [-0.15, -0.1) is 0 Å². The highest BCUT2D eigenvalue weighted by Crippen LogP contribution is 2.43. The number of aliphatic hydroxyl groups is 1. The molecule has 3 rings (SSSR count). The molecule has 0 radical (unpaired) electrons. The summed E-state index contributed by atoms with van der Waals surface area (Å²) in [5, 5.41) is 11.0.